The molecular formula is C14H20O2S2. The molecule has 0 saturated heterocycles. The van der Waals surface area contributed by atoms with Crippen molar-refractivity contribution in [2.24, 2.45) is 0 Å². The smallest absolute Gasteiger partial charge is 0.0812 e. The average Bonchev–Trinajstić information content (AvgIpc) is 2.84. The Bertz CT molecular complexity index is 477. The summed E-state index contributed by atoms with van der Waals surface area (Å²) in [7, 11) is 0. The Morgan fingerprint density at radius 1 is 0.778 bits per heavy atom. The molecule has 2 rings (SSSR count). The summed E-state index contributed by atoms with van der Waals surface area (Å²) in [4.78, 5) is 2.73. The van der Waals surface area contributed by atoms with Crippen molar-refractivity contribution in [1.29, 1.82) is 0 Å². The Balaban J connectivity index is 2.31. The standard InChI is InChI=1S/C14H20O2S2/c1-5-15-7-11-9(3)13-14(17-11)10(4)12(18-13)8-16-6-2/h5-8H2,1-4H3. The van der Waals surface area contributed by atoms with Gasteiger partial charge in [0.25, 0.3) is 0 Å². The molecule has 0 aliphatic heterocycles. The van der Waals surface area contributed by atoms with E-state index in [2.05, 4.69) is 13.8 Å². The molecular weight excluding hydrogens is 264 g/mol. The van der Waals surface area contributed by atoms with Crippen molar-refractivity contribution in [3.63, 3.8) is 0 Å². The molecule has 0 aliphatic carbocycles. The van der Waals surface area contributed by atoms with Crippen LogP contribution in [-0.4, -0.2) is 13.2 Å². The van der Waals surface area contributed by atoms with Gasteiger partial charge in [0.1, 0.15) is 0 Å². The summed E-state index contributed by atoms with van der Waals surface area (Å²) in [5.74, 6) is 0. The quantitative estimate of drug-likeness (QED) is 0.768. The Morgan fingerprint density at radius 3 is 1.50 bits per heavy atom. The number of hydrogen-bond donors (Lipinski definition) is 0. The zero-order valence-corrected chi connectivity index (χ0v) is 13.1. The normalized spacial score (nSPS) is 11.6. The van der Waals surface area contributed by atoms with Crippen LogP contribution in [0.5, 0.6) is 0 Å². The monoisotopic (exact) mass is 284 g/mol. The van der Waals surface area contributed by atoms with E-state index in [0.29, 0.717) is 0 Å². The number of rotatable bonds is 6. The third kappa shape index (κ3) is 2.62. The lowest BCUT2D eigenvalue weighted by Gasteiger charge is -2.01. The number of thiophene rings is 2. The second-order valence-electron chi connectivity index (χ2n) is 4.23. The lowest BCUT2D eigenvalue weighted by Crippen LogP contribution is -1.91. The first-order valence-electron chi connectivity index (χ1n) is 6.34. The summed E-state index contributed by atoms with van der Waals surface area (Å²) in [6.45, 7) is 11.5. The highest BCUT2D eigenvalue weighted by atomic mass is 32.1. The minimum Gasteiger partial charge on any atom is -0.376 e. The predicted octanol–water partition coefficient (Wildman–Crippen LogP) is 4.65. The first-order chi connectivity index (χ1) is 8.69. The van der Waals surface area contributed by atoms with Gasteiger partial charge in [0.2, 0.25) is 0 Å². The highest BCUT2D eigenvalue weighted by molar-refractivity contribution is 7.28. The van der Waals surface area contributed by atoms with E-state index >= 15 is 0 Å². The van der Waals surface area contributed by atoms with Crippen molar-refractivity contribution in [2.75, 3.05) is 13.2 Å². The van der Waals surface area contributed by atoms with Crippen LogP contribution in [0.25, 0.3) is 9.40 Å². The SMILES string of the molecule is CCOCc1sc2c(C)c(COCC)sc2c1C. The topological polar surface area (TPSA) is 18.5 Å². The number of ether oxygens (including phenoxy) is 2. The third-order valence-corrected chi connectivity index (χ3v) is 5.95. The lowest BCUT2D eigenvalue weighted by molar-refractivity contribution is 0.136. The largest absolute Gasteiger partial charge is 0.376 e. The van der Waals surface area contributed by atoms with E-state index in [1.165, 1.54) is 30.3 Å². The summed E-state index contributed by atoms with van der Waals surface area (Å²) < 4.78 is 13.9. The summed E-state index contributed by atoms with van der Waals surface area (Å²) in [5, 5.41) is 0. The van der Waals surface area contributed by atoms with Crippen molar-refractivity contribution < 1.29 is 9.47 Å². The minimum atomic E-state index is 0.745. The van der Waals surface area contributed by atoms with Gasteiger partial charge in [0.15, 0.2) is 0 Å². The zero-order valence-electron chi connectivity index (χ0n) is 11.5. The molecule has 0 aliphatic rings. The van der Waals surface area contributed by atoms with E-state index in [-0.39, 0.29) is 0 Å². The maximum atomic E-state index is 5.52. The second-order valence-corrected chi connectivity index (χ2v) is 6.44. The van der Waals surface area contributed by atoms with Crippen LogP contribution in [0.1, 0.15) is 34.7 Å². The molecule has 2 aromatic rings. The van der Waals surface area contributed by atoms with Crippen LogP contribution in [0.3, 0.4) is 0 Å². The van der Waals surface area contributed by atoms with E-state index < -0.39 is 0 Å². The molecule has 0 unspecified atom stereocenters. The highest BCUT2D eigenvalue weighted by Gasteiger charge is 2.16. The fourth-order valence-electron chi connectivity index (χ4n) is 1.90. The summed E-state index contributed by atoms with van der Waals surface area (Å²) in [6.07, 6.45) is 0. The van der Waals surface area contributed by atoms with E-state index in [0.717, 1.165) is 26.4 Å². The molecule has 0 atom stereocenters. The van der Waals surface area contributed by atoms with E-state index in [4.69, 9.17) is 9.47 Å². The predicted molar refractivity (Wildman–Crippen MR) is 79.8 cm³/mol. The van der Waals surface area contributed by atoms with Gasteiger partial charge in [-0.15, -0.1) is 22.7 Å². The summed E-state index contributed by atoms with van der Waals surface area (Å²) >= 11 is 3.75. The van der Waals surface area contributed by atoms with Gasteiger partial charge in [-0.3, -0.25) is 0 Å². The number of hydrogen-bond acceptors (Lipinski definition) is 4. The van der Waals surface area contributed by atoms with Crippen LogP contribution in [0, 0.1) is 13.8 Å². The molecule has 0 saturated carbocycles. The minimum absolute atomic E-state index is 0.745. The molecule has 0 N–H and O–H groups in total. The lowest BCUT2D eigenvalue weighted by atomic mass is 10.2. The molecule has 2 aromatic heterocycles. The van der Waals surface area contributed by atoms with Crippen LogP contribution in [0.15, 0.2) is 0 Å². The number of fused-ring (bicyclic) bond motifs is 1. The van der Waals surface area contributed by atoms with Crippen LogP contribution < -0.4 is 0 Å². The van der Waals surface area contributed by atoms with E-state index in [1.807, 2.05) is 36.5 Å². The maximum absolute atomic E-state index is 5.52. The van der Waals surface area contributed by atoms with Crippen LogP contribution in [-0.2, 0) is 22.7 Å². The molecule has 0 aromatic carbocycles. The van der Waals surface area contributed by atoms with Gasteiger partial charge in [0.05, 0.1) is 13.2 Å². The van der Waals surface area contributed by atoms with E-state index in [9.17, 15) is 0 Å². The Morgan fingerprint density at radius 2 is 1.17 bits per heavy atom. The molecule has 0 spiro atoms. The van der Waals surface area contributed by atoms with E-state index in [1.54, 1.807) is 0 Å². The second kappa shape index (κ2) is 6.15. The van der Waals surface area contributed by atoms with Crippen molar-refractivity contribution >= 4 is 32.1 Å². The van der Waals surface area contributed by atoms with Gasteiger partial charge in [0, 0.05) is 32.4 Å². The van der Waals surface area contributed by atoms with Gasteiger partial charge in [-0.05, 0) is 38.8 Å². The van der Waals surface area contributed by atoms with Gasteiger partial charge in [-0.25, -0.2) is 0 Å². The molecule has 0 radical (unpaired) electrons. The van der Waals surface area contributed by atoms with Gasteiger partial charge in [-0.2, -0.15) is 0 Å². The van der Waals surface area contributed by atoms with Crippen molar-refractivity contribution in [3.05, 3.63) is 20.9 Å². The molecule has 0 fully saturated rings. The summed E-state index contributed by atoms with van der Waals surface area (Å²) in [6, 6.07) is 0. The van der Waals surface area contributed by atoms with Crippen LogP contribution >= 0.6 is 22.7 Å². The molecule has 2 heterocycles. The molecule has 4 heteroatoms. The molecule has 0 amide bonds. The Labute approximate surface area is 117 Å². The Hall–Kier alpha value is -0.420. The summed E-state index contributed by atoms with van der Waals surface area (Å²) in [5.41, 5.74) is 2.78. The van der Waals surface area contributed by atoms with Gasteiger partial charge >= 0.3 is 0 Å². The molecule has 100 valence electrons. The third-order valence-electron chi connectivity index (χ3n) is 3.05. The van der Waals surface area contributed by atoms with Crippen LogP contribution in [0.4, 0.5) is 0 Å². The Kier molecular flexibility index (Phi) is 4.78. The first-order valence-corrected chi connectivity index (χ1v) is 7.98. The van der Waals surface area contributed by atoms with Crippen molar-refractivity contribution in [1.82, 2.24) is 0 Å². The fourth-order valence-corrected chi connectivity index (χ4v) is 4.62. The van der Waals surface area contributed by atoms with Crippen LogP contribution in [0.2, 0.25) is 0 Å². The van der Waals surface area contributed by atoms with Crippen molar-refractivity contribution in [3.8, 4) is 0 Å². The average molecular weight is 284 g/mol. The zero-order chi connectivity index (χ0) is 13.1. The van der Waals surface area contributed by atoms with Crippen molar-refractivity contribution in [2.45, 2.75) is 40.9 Å². The molecule has 18 heavy (non-hydrogen) atoms. The first kappa shape index (κ1) is 14.0. The molecule has 0 bridgehead atoms. The van der Waals surface area contributed by atoms with Gasteiger partial charge < -0.3 is 9.47 Å². The molecule has 2 nitrogen and oxygen atoms in total. The van der Waals surface area contributed by atoms with Gasteiger partial charge in [-0.1, -0.05) is 0 Å². The number of aryl methyl sites for hydroxylation is 2. The highest BCUT2D eigenvalue weighted by Crippen LogP contribution is 2.41. The fraction of sp³-hybridized carbons (Fsp3) is 0.571. The maximum Gasteiger partial charge on any atom is 0.0812 e.